The van der Waals surface area contributed by atoms with Crippen LogP contribution in [0.25, 0.3) is 0 Å². The molecule has 1 aromatic carbocycles. The third-order valence-corrected chi connectivity index (χ3v) is 3.46. The van der Waals surface area contributed by atoms with Crippen LogP contribution in [0.1, 0.15) is 25.5 Å². The van der Waals surface area contributed by atoms with Crippen molar-refractivity contribution in [1.82, 2.24) is 16.0 Å². The van der Waals surface area contributed by atoms with Gasteiger partial charge >= 0.3 is 12.0 Å². The minimum Gasteiger partial charge on any atom is -0.463 e. The summed E-state index contributed by atoms with van der Waals surface area (Å²) >= 11 is 0. The number of urea groups is 1. The molecule has 0 saturated carbocycles. The first kappa shape index (κ1) is 16.0. The van der Waals surface area contributed by atoms with Crippen molar-refractivity contribution in [3.8, 4) is 0 Å². The van der Waals surface area contributed by atoms with Crippen LogP contribution < -0.4 is 16.0 Å². The minimum atomic E-state index is -0.404. The van der Waals surface area contributed by atoms with E-state index in [1.807, 2.05) is 37.3 Å². The van der Waals surface area contributed by atoms with Gasteiger partial charge in [0.1, 0.15) is 0 Å². The van der Waals surface area contributed by atoms with Gasteiger partial charge in [-0.15, -0.1) is 0 Å². The monoisotopic (exact) mass is 303 g/mol. The summed E-state index contributed by atoms with van der Waals surface area (Å²) in [5, 5.41) is 8.57. The van der Waals surface area contributed by atoms with Crippen LogP contribution in [0.2, 0.25) is 0 Å². The number of esters is 1. The molecule has 0 bridgehead atoms. The maximum absolute atomic E-state index is 11.9. The van der Waals surface area contributed by atoms with Crippen molar-refractivity contribution in [2.24, 2.45) is 0 Å². The van der Waals surface area contributed by atoms with Gasteiger partial charge in [0.2, 0.25) is 0 Å². The molecule has 0 saturated heterocycles. The van der Waals surface area contributed by atoms with E-state index in [1.165, 1.54) is 0 Å². The van der Waals surface area contributed by atoms with Crippen molar-refractivity contribution in [2.75, 3.05) is 19.7 Å². The van der Waals surface area contributed by atoms with Crippen LogP contribution in [-0.2, 0) is 9.53 Å². The Morgan fingerprint density at radius 2 is 2.09 bits per heavy atom. The predicted octanol–water partition coefficient (Wildman–Crippen LogP) is 1.47. The lowest BCUT2D eigenvalue weighted by molar-refractivity contribution is -0.138. The van der Waals surface area contributed by atoms with Gasteiger partial charge in [0.15, 0.2) is 0 Å². The van der Waals surface area contributed by atoms with Crippen molar-refractivity contribution in [3.05, 3.63) is 47.2 Å². The first-order valence-electron chi connectivity index (χ1n) is 7.34. The molecule has 0 aliphatic carbocycles. The zero-order valence-corrected chi connectivity index (χ0v) is 12.8. The van der Waals surface area contributed by atoms with Crippen molar-refractivity contribution in [1.29, 1.82) is 0 Å². The van der Waals surface area contributed by atoms with Crippen LogP contribution in [0, 0.1) is 0 Å². The smallest absolute Gasteiger partial charge is 0.337 e. The SMILES string of the molecule is CCOC(=O)C1=C(CN[C@@H](C)c2ccccc2)NC(=O)NC1. The Balaban J connectivity index is 2.06. The van der Waals surface area contributed by atoms with Crippen molar-refractivity contribution < 1.29 is 14.3 Å². The average Bonchev–Trinajstić information content (AvgIpc) is 2.53. The van der Waals surface area contributed by atoms with Crippen LogP contribution >= 0.6 is 0 Å². The minimum absolute atomic E-state index is 0.101. The molecule has 3 N–H and O–H groups in total. The number of amides is 2. The summed E-state index contributed by atoms with van der Waals surface area (Å²) < 4.78 is 5.02. The molecule has 22 heavy (non-hydrogen) atoms. The van der Waals surface area contributed by atoms with Crippen molar-refractivity contribution >= 4 is 12.0 Å². The quantitative estimate of drug-likeness (QED) is 0.695. The highest BCUT2D eigenvalue weighted by Crippen LogP contribution is 2.13. The molecule has 2 rings (SSSR count). The van der Waals surface area contributed by atoms with E-state index in [4.69, 9.17) is 4.74 Å². The third kappa shape index (κ3) is 4.08. The zero-order valence-electron chi connectivity index (χ0n) is 12.8. The summed E-state index contributed by atoms with van der Waals surface area (Å²) in [4.78, 5) is 23.4. The molecule has 118 valence electrons. The highest BCUT2D eigenvalue weighted by Gasteiger charge is 2.23. The first-order valence-corrected chi connectivity index (χ1v) is 7.34. The molecule has 6 nitrogen and oxygen atoms in total. The molecule has 0 spiro atoms. The highest BCUT2D eigenvalue weighted by molar-refractivity contribution is 5.93. The summed E-state index contributed by atoms with van der Waals surface area (Å²) in [5.74, 6) is -0.404. The van der Waals surface area contributed by atoms with E-state index in [2.05, 4.69) is 16.0 Å². The zero-order chi connectivity index (χ0) is 15.9. The van der Waals surface area contributed by atoms with Gasteiger partial charge in [-0.3, -0.25) is 0 Å². The predicted molar refractivity (Wildman–Crippen MR) is 83.1 cm³/mol. The second-order valence-corrected chi connectivity index (χ2v) is 5.00. The molecule has 1 aliphatic rings. The molecule has 1 aromatic rings. The van der Waals surface area contributed by atoms with Crippen LogP contribution in [0.15, 0.2) is 41.6 Å². The summed E-state index contributed by atoms with van der Waals surface area (Å²) in [7, 11) is 0. The van der Waals surface area contributed by atoms with Crippen LogP contribution in [-0.4, -0.2) is 31.7 Å². The number of ether oxygens (including phenoxy) is 1. The van der Waals surface area contributed by atoms with Crippen LogP contribution in [0.4, 0.5) is 4.79 Å². The van der Waals surface area contributed by atoms with Gasteiger partial charge in [0.05, 0.1) is 18.7 Å². The number of carbonyl (C=O) groups is 2. The molecular weight excluding hydrogens is 282 g/mol. The maximum Gasteiger partial charge on any atom is 0.337 e. The molecule has 0 unspecified atom stereocenters. The van der Waals surface area contributed by atoms with Gasteiger partial charge < -0.3 is 20.7 Å². The van der Waals surface area contributed by atoms with E-state index in [-0.39, 0.29) is 18.6 Å². The molecule has 2 amide bonds. The van der Waals surface area contributed by atoms with Crippen molar-refractivity contribution in [2.45, 2.75) is 19.9 Å². The Kier molecular flexibility index (Phi) is 5.55. The van der Waals surface area contributed by atoms with Gasteiger partial charge in [-0.25, -0.2) is 9.59 Å². The molecular formula is C16H21N3O3. The number of nitrogens with one attached hydrogen (secondary N) is 3. The summed E-state index contributed by atoms with van der Waals surface area (Å²) in [6.07, 6.45) is 0. The molecule has 1 heterocycles. The van der Waals surface area contributed by atoms with Gasteiger partial charge in [0.25, 0.3) is 0 Å². The molecule has 1 aliphatic heterocycles. The van der Waals surface area contributed by atoms with Gasteiger partial charge in [-0.05, 0) is 19.4 Å². The topological polar surface area (TPSA) is 79.5 Å². The Morgan fingerprint density at radius 1 is 1.36 bits per heavy atom. The fourth-order valence-electron chi connectivity index (χ4n) is 2.21. The van der Waals surface area contributed by atoms with E-state index >= 15 is 0 Å². The molecule has 0 fully saturated rings. The fraction of sp³-hybridized carbons (Fsp3) is 0.375. The van der Waals surface area contributed by atoms with E-state index in [0.717, 1.165) is 5.56 Å². The van der Waals surface area contributed by atoms with E-state index in [9.17, 15) is 9.59 Å². The Bertz CT molecular complexity index is 569. The van der Waals surface area contributed by atoms with Gasteiger partial charge in [0, 0.05) is 18.3 Å². The number of rotatable bonds is 6. The standard InChI is InChI=1S/C16H21N3O3/c1-3-22-15(20)13-9-18-16(21)19-14(13)10-17-11(2)12-7-5-4-6-8-12/h4-8,11,17H,3,9-10H2,1-2H3,(H2,18,19,21)/t11-/m0/s1. The molecule has 1 atom stereocenters. The lowest BCUT2D eigenvalue weighted by Gasteiger charge is -2.23. The Hall–Kier alpha value is -2.34. The van der Waals surface area contributed by atoms with Crippen LogP contribution in [0.5, 0.6) is 0 Å². The Morgan fingerprint density at radius 3 is 2.77 bits per heavy atom. The number of carbonyl (C=O) groups excluding carboxylic acids is 2. The maximum atomic E-state index is 11.9. The molecule has 6 heteroatoms. The third-order valence-electron chi connectivity index (χ3n) is 3.46. The normalized spacial score (nSPS) is 15.8. The summed E-state index contributed by atoms with van der Waals surface area (Å²) in [5.41, 5.74) is 2.15. The summed E-state index contributed by atoms with van der Waals surface area (Å²) in [6, 6.07) is 9.76. The summed E-state index contributed by atoms with van der Waals surface area (Å²) in [6.45, 7) is 4.65. The number of hydrogen-bond acceptors (Lipinski definition) is 4. The average molecular weight is 303 g/mol. The Labute approximate surface area is 129 Å². The molecule has 0 radical (unpaired) electrons. The van der Waals surface area contributed by atoms with Gasteiger partial charge in [-0.1, -0.05) is 30.3 Å². The van der Waals surface area contributed by atoms with Crippen molar-refractivity contribution in [3.63, 3.8) is 0 Å². The van der Waals surface area contributed by atoms with Crippen LogP contribution in [0.3, 0.4) is 0 Å². The fourth-order valence-corrected chi connectivity index (χ4v) is 2.21. The second kappa shape index (κ2) is 7.61. The van der Waals surface area contributed by atoms with Gasteiger partial charge in [-0.2, -0.15) is 0 Å². The number of hydrogen-bond donors (Lipinski definition) is 3. The van der Waals surface area contributed by atoms with E-state index < -0.39 is 5.97 Å². The van der Waals surface area contributed by atoms with E-state index in [0.29, 0.717) is 24.4 Å². The lowest BCUT2D eigenvalue weighted by atomic mass is 10.1. The first-order chi connectivity index (χ1) is 10.6. The highest BCUT2D eigenvalue weighted by atomic mass is 16.5. The molecule has 0 aromatic heterocycles. The van der Waals surface area contributed by atoms with E-state index in [1.54, 1.807) is 6.92 Å². The number of benzene rings is 1. The lowest BCUT2D eigenvalue weighted by Crippen LogP contribution is -2.46. The largest absolute Gasteiger partial charge is 0.463 e. The second-order valence-electron chi connectivity index (χ2n) is 5.00.